The molecule has 2 nitrogen and oxygen atoms in total. The standard InChI is InChI=1S/C16H17Br2NO/c1-10-3-5-13(17)9-16(10)20-15-6-4-12(7-11(2)19)8-14(15)18/h3-6,8-9,11H,7,19H2,1-2H3. The number of benzene rings is 2. The van der Waals surface area contributed by atoms with Crippen LogP contribution in [0.5, 0.6) is 11.5 Å². The van der Waals surface area contributed by atoms with Gasteiger partial charge in [-0.3, -0.25) is 0 Å². The van der Waals surface area contributed by atoms with Crippen molar-refractivity contribution in [2.24, 2.45) is 5.73 Å². The first kappa shape index (κ1) is 15.5. The van der Waals surface area contributed by atoms with E-state index in [-0.39, 0.29) is 6.04 Å². The summed E-state index contributed by atoms with van der Waals surface area (Å²) in [6.07, 6.45) is 0.856. The zero-order valence-electron chi connectivity index (χ0n) is 11.5. The van der Waals surface area contributed by atoms with Crippen molar-refractivity contribution >= 4 is 31.9 Å². The summed E-state index contributed by atoms with van der Waals surface area (Å²) >= 11 is 7.02. The van der Waals surface area contributed by atoms with Crippen molar-refractivity contribution in [1.29, 1.82) is 0 Å². The van der Waals surface area contributed by atoms with E-state index in [0.29, 0.717) is 0 Å². The van der Waals surface area contributed by atoms with E-state index < -0.39 is 0 Å². The Balaban J connectivity index is 2.23. The van der Waals surface area contributed by atoms with Gasteiger partial charge in [-0.15, -0.1) is 0 Å². The molecule has 0 aromatic heterocycles. The van der Waals surface area contributed by atoms with Gasteiger partial charge in [0.15, 0.2) is 0 Å². The molecule has 2 aromatic carbocycles. The van der Waals surface area contributed by atoms with Crippen molar-refractivity contribution in [2.75, 3.05) is 0 Å². The molecule has 0 aliphatic rings. The van der Waals surface area contributed by atoms with E-state index in [1.807, 2.05) is 38.1 Å². The molecule has 0 saturated carbocycles. The maximum atomic E-state index is 5.97. The average Bonchev–Trinajstić information content (AvgIpc) is 2.36. The fourth-order valence-electron chi connectivity index (χ4n) is 1.93. The monoisotopic (exact) mass is 397 g/mol. The van der Waals surface area contributed by atoms with Gasteiger partial charge in [-0.25, -0.2) is 0 Å². The molecule has 0 amide bonds. The number of ether oxygens (including phenoxy) is 1. The van der Waals surface area contributed by atoms with Crippen LogP contribution in [-0.2, 0) is 6.42 Å². The van der Waals surface area contributed by atoms with Crippen LogP contribution < -0.4 is 10.5 Å². The van der Waals surface area contributed by atoms with Crippen molar-refractivity contribution in [2.45, 2.75) is 26.3 Å². The molecule has 0 saturated heterocycles. The van der Waals surface area contributed by atoms with E-state index in [2.05, 4.69) is 44.0 Å². The van der Waals surface area contributed by atoms with Gasteiger partial charge >= 0.3 is 0 Å². The van der Waals surface area contributed by atoms with Crippen LogP contribution in [0.25, 0.3) is 0 Å². The molecule has 1 unspecified atom stereocenters. The Morgan fingerprint density at radius 1 is 1.10 bits per heavy atom. The molecule has 2 rings (SSSR count). The molecule has 0 radical (unpaired) electrons. The van der Waals surface area contributed by atoms with Crippen LogP contribution in [0, 0.1) is 6.92 Å². The van der Waals surface area contributed by atoms with Crippen LogP contribution >= 0.6 is 31.9 Å². The minimum atomic E-state index is 0.154. The molecule has 0 heterocycles. The highest BCUT2D eigenvalue weighted by Gasteiger charge is 2.08. The van der Waals surface area contributed by atoms with Crippen molar-refractivity contribution in [1.82, 2.24) is 0 Å². The Kier molecular flexibility index (Phi) is 5.24. The van der Waals surface area contributed by atoms with Crippen molar-refractivity contribution in [3.05, 3.63) is 56.5 Å². The highest BCUT2D eigenvalue weighted by atomic mass is 79.9. The maximum Gasteiger partial charge on any atom is 0.141 e. The van der Waals surface area contributed by atoms with Crippen LogP contribution in [0.1, 0.15) is 18.1 Å². The van der Waals surface area contributed by atoms with Crippen LogP contribution in [0.15, 0.2) is 45.3 Å². The molecule has 1 atom stereocenters. The van der Waals surface area contributed by atoms with Crippen LogP contribution in [-0.4, -0.2) is 6.04 Å². The first-order chi connectivity index (χ1) is 9.45. The normalized spacial score (nSPS) is 12.2. The molecule has 20 heavy (non-hydrogen) atoms. The summed E-state index contributed by atoms with van der Waals surface area (Å²) in [5, 5.41) is 0. The summed E-state index contributed by atoms with van der Waals surface area (Å²) in [5.41, 5.74) is 8.12. The lowest BCUT2D eigenvalue weighted by Gasteiger charge is -2.12. The molecule has 0 aliphatic heterocycles. The summed E-state index contributed by atoms with van der Waals surface area (Å²) in [5.74, 6) is 1.65. The minimum Gasteiger partial charge on any atom is -0.456 e. The third-order valence-electron chi connectivity index (χ3n) is 2.92. The second-order valence-corrected chi connectivity index (χ2v) is 6.73. The fraction of sp³-hybridized carbons (Fsp3) is 0.250. The molecule has 2 aromatic rings. The van der Waals surface area contributed by atoms with Gasteiger partial charge in [0, 0.05) is 10.5 Å². The van der Waals surface area contributed by atoms with Gasteiger partial charge in [-0.05, 0) is 71.6 Å². The third kappa shape index (κ3) is 4.08. The van der Waals surface area contributed by atoms with Gasteiger partial charge in [0.2, 0.25) is 0 Å². The van der Waals surface area contributed by atoms with E-state index in [1.54, 1.807) is 0 Å². The first-order valence-corrected chi connectivity index (χ1v) is 8.02. The second-order valence-electron chi connectivity index (χ2n) is 4.96. The number of halogens is 2. The minimum absolute atomic E-state index is 0.154. The lowest BCUT2D eigenvalue weighted by atomic mass is 10.1. The summed E-state index contributed by atoms with van der Waals surface area (Å²) in [4.78, 5) is 0. The zero-order chi connectivity index (χ0) is 14.7. The molecule has 0 bridgehead atoms. The molecular weight excluding hydrogens is 382 g/mol. The molecule has 106 valence electrons. The van der Waals surface area contributed by atoms with Gasteiger partial charge in [-0.1, -0.05) is 28.1 Å². The van der Waals surface area contributed by atoms with Gasteiger partial charge < -0.3 is 10.5 Å². The number of rotatable bonds is 4. The van der Waals surface area contributed by atoms with Crippen molar-refractivity contribution in [3.8, 4) is 11.5 Å². The summed E-state index contributed by atoms with van der Waals surface area (Å²) in [7, 11) is 0. The van der Waals surface area contributed by atoms with Gasteiger partial charge in [-0.2, -0.15) is 0 Å². The predicted molar refractivity (Wildman–Crippen MR) is 90.4 cm³/mol. The Bertz CT molecular complexity index is 611. The molecule has 2 N–H and O–H groups in total. The van der Waals surface area contributed by atoms with E-state index in [9.17, 15) is 0 Å². The van der Waals surface area contributed by atoms with Crippen molar-refractivity contribution < 1.29 is 4.74 Å². The quantitative estimate of drug-likeness (QED) is 0.767. The number of aryl methyl sites for hydroxylation is 1. The van der Waals surface area contributed by atoms with Crippen LogP contribution in [0.3, 0.4) is 0 Å². The fourth-order valence-corrected chi connectivity index (χ4v) is 2.78. The zero-order valence-corrected chi connectivity index (χ0v) is 14.7. The number of hydrogen-bond donors (Lipinski definition) is 1. The average molecular weight is 399 g/mol. The number of hydrogen-bond acceptors (Lipinski definition) is 2. The largest absolute Gasteiger partial charge is 0.456 e. The second kappa shape index (κ2) is 6.74. The summed E-state index contributed by atoms with van der Waals surface area (Å²) < 4.78 is 7.92. The van der Waals surface area contributed by atoms with E-state index in [4.69, 9.17) is 10.5 Å². The van der Waals surface area contributed by atoms with Gasteiger partial charge in [0.05, 0.1) is 4.47 Å². The lowest BCUT2D eigenvalue weighted by molar-refractivity contribution is 0.475. The summed E-state index contributed by atoms with van der Waals surface area (Å²) in [6, 6.07) is 12.2. The smallest absolute Gasteiger partial charge is 0.141 e. The molecule has 0 spiro atoms. The summed E-state index contributed by atoms with van der Waals surface area (Å²) in [6.45, 7) is 4.03. The van der Waals surface area contributed by atoms with E-state index >= 15 is 0 Å². The maximum absolute atomic E-state index is 5.97. The Hall–Kier alpha value is -0.840. The Labute approximate surface area is 136 Å². The molecular formula is C16H17Br2NO. The SMILES string of the molecule is Cc1ccc(Br)cc1Oc1ccc(CC(C)N)cc1Br. The van der Waals surface area contributed by atoms with Gasteiger partial charge in [0.25, 0.3) is 0 Å². The first-order valence-electron chi connectivity index (χ1n) is 6.43. The van der Waals surface area contributed by atoms with E-state index in [1.165, 1.54) is 5.56 Å². The number of nitrogens with two attached hydrogens (primary N) is 1. The topological polar surface area (TPSA) is 35.2 Å². The molecule has 0 aliphatic carbocycles. The highest BCUT2D eigenvalue weighted by Crippen LogP contribution is 2.33. The van der Waals surface area contributed by atoms with Crippen LogP contribution in [0.4, 0.5) is 0 Å². The van der Waals surface area contributed by atoms with E-state index in [0.717, 1.165) is 32.4 Å². The lowest BCUT2D eigenvalue weighted by Crippen LogP contribution is -2.17. The molecule has 0 fully saturated rings. The Morgan fingerprint density at radius 2 is 1.85 bits per heavy atom. The molecule has 4 heteroatoms. The van der Waals surface area contributed by atoms with Crippen molar-refractivity contribution in [3.63, 3.8) is 0 Å². The van der Waals surface area contributed by atoms with Gasteiger partial charge in [0.1, 0.15) is 11.5 Å². The predicted octanol–water partition coefficient (Wildman–Crippen LogP) is 5.20. The van der Waals surface area contributed by atoms with Crippen LogP contribution in [0.2, 0.25) is 0 Å². The highest BCUT2D eigenvalue weighted by molar-refractivity contribution is 9.10. The Morgan fingerprint density at radius 3 is 2.50 bits per heavy atom. The third-order valence-corrected chi connectivity index (χ3v) is 4.04.